The van der Waals surface area contributed by atoms with Gasteiger partial charge < -0.3 is 19.5 Å². The van der Waals surface area contributed by atoms with E-state index >= 15 is 0 Å². The second kappa shape index (κ2) is 6.20. The average Bonchev–Trinajstić information content (AvgIpc) is 3.00. The van der Waals surface area contributed by atoms with E-state index in [1.807, 2.05) is 0 Å². The maximum Gasteiger partial charge on any atom is 0.266 e. The summed E-state index contributed by atoms with van der Waals surface area (Å²) in [5.74, 6) is 0.732. The Kier molecular flexibility index (Phi) is 4.26. The first-order chi connectivity index (χ1) is 11.0. The number of benzene rings is 1. The number of hydrogen-bond acceptors (Lipinski definition) is 5. The minimum atomic E-state index is -0.879. The van der Waals surface area contributed by atoms with Gasteiger partial charge in [-0.15, -0.1) is 0 Å². The molecule has 124 valence electrons. The average molecular weight is 319 g/mol. The molecule has 1 heterocycles. The molecule has 0 bridgehead atoms. The molecule has 1 amide bonds. The summed E-state index contributed by atoms with van der Waals surface area (Å²) in [6, 6.07) is 6.43. The number of methoxy groups -OCH3 is 1. The largest absolute Gasteiger partial charge is 0.497 e. The van der Waals surface area contributed by atoms with Crippen LogP contribution in [0.1, 0.15) is 19.3 Å². The zero-order valence-corrected chi connectivity index (χ0v) is 13.3. The van der Waals surface area contributed by atoms with Gasteiger partial charge in [0.1, 0.15) is 23.3 Å². The van der Waals surface area contributed by atoms with Crippen LogP contribution in [-0.2, 0) is 9.59 Å². The predicted molar refractivity (Wildman–Crippen MR) is 82.3 cm³/mol. The molecule has 0 aromatic heterocycles. The van der Waals surface area contributed by atoms with Crippen LogP contribution < -0.4 is 9.47 Å². The van der Waals surface area contributed by atoms with Crippen molar-refractivity contribution in [2.45, 2.75) is 37.5 Å². The second-order valence-corrected chi connectivity index (χ2v) is 6.11. The van der Waals surface area contributed by atoms with E-state index in [9.17, 15) is 14.7 Å². The smallest absolute Gasteiger partial charge is 0.266 e. The number of rotatable bonds is 5. The normalized spacial score (nSPS) is 28.5. The number of amides is 1. The summed E-state index contributed by atoms with van der Waals surface area (Å²) in [6.45, 7) is 0. The Morgan fingerprint density at radius 3 is 2.43 bits per heavy atom. The number of aliphatic hydroxyl groups is 1. The Morgan fingerprint density at radius 2 is 1.87 bits per heavy atom. The molecule has 2 fully saturated rings. The Morgan fingerprint density at radius 1 is 1.22 bits per heavy atom. The molecular weight excluding hydrogens is 298 g/mol. The first-order valence-electron chi connectivity index (χ1n) is 7.81. The molecule has 4 atom stereocenters. The number of hydrogen-bond donors (Lipinski definition) is 1. The minimum absolute atomic E-state index is 0.0773. The first kappa shape index (κ1) is 15.8. The highest BCUT2D eigenvalue weighted by Gasteiger charge is 2.53. The van der Waals surface area contributed by atoms with Gasteiger partial charge in [-0.25, -0.2) is 0 Å². The molecule has 1 aliphatic carbocycles. The molecule has 6 nitrogen and oxygen atoms in total. The zero-order chi connectivity index (χ0) is 16.6. The second-order valence-electron chi connectivity index (χ2n) is 6.11. The molecule has 1 N–H and O–H groups in total. The van der Waals surface area contributed by atoms with Gasteiger partial charge in [0.25, 0.3) is 5.91 Å². The van der Waals surface area contributed by atoms with Crippen molar-refractivity contribution in [2.24, 2.45) is 5.92 Å². The topological polar surface area (TPSA) is 76.1 Å². The van der Waals surface area contributed by atoms with Crippen molar-refractivity contribution >= 4 is 11.7 Å². The van der Waals surface area contributed by atoms with Gasteiger partial charge in [-0.05, 0) is 37.1 Å². The van der Waals surface area contributed by atoms with Crippen LogP contribution in [-0.4, -0.2) is 54.1 Å². The minimum Gasteiger partial charge on any atom is -0.497 e. The highest BCUT2D eigenvalue weighted by molar-refractivity contribution is 5.90. The lowest BCUT2D eigenvalue weighted by molar-refractivity contribution is -0.173. The first-order valence-corrected chi connectivity index (χ1v) is 7.81. The summed E-state index contributed by atoms with van der Waals surface area (Å²) < 4.78 is 10.8. The summed E-state index contributed by atoms with van der Waals surface area (Å²) in [5, 5.41) is 10.5. The fraction of sp³-hybridized carbons (Fsp3) is 0.529. The van der Waals surface area contributed by atoms with E-state index in [1.54, 1.807) is 38.4 Å². The number of carbonyl (C=O) groups is 2. The summed E-state index contributed by atoms with van der Waals surface area (Å²) >= 11 is 0. The van der Waals surface area contributed by atoms with Gasteiger partial charge in [-0.1, -0.05) is 0 Å². The number of ketones is 1. The van der Waals surface area contributed by atoms with Crippen molar-refractivity contribution in [3.63, 3.8) is 0 Å². The molecule has 0 radical (unpaired) electrons. The number of likely N-dealkylation sites (tertiary alicyclic amines) is 1. The number of β-lactam (4-membered cyclic amide) rings is 1. The third-order valence-corrected chi connectivity index (χ3v) is 4.78. The zero-order valence-electron chi connectivity index (χ0n) is 13.3. The molecule has 1 saturated heterocycles. The van der Waals surface area contributed by atoms with Gasteiger partial charge in [-0.3, -0.25) is 9.59 Å². The molecule has 1 aromatic carbocycles. The highest BCUT2D eigenvalue weighted by atomic mass is 16.5. The lowest BCUT2D eigenvalue weighted by atomic mass is 9.84. The highest BCUT2D eigenvalue weighted by Crippen LogP contribution is 2.34. The van der Waals surface area contributed by atoms with Crippen LogP contribution in [0.25, 0.3) is 0 Å². The lowest BCUT2D eigenvalue weighted by Crippen LogP contribution is -2.70. The van der Waals surface area contributed by atoms with Crippen molar-refractivity contribution in [3.05, 3.63) is 24.3 Å². The van der Waals surface area contributed by atoms with Crippen LogP contribution in [0.3, 0.4) is 0 Å². The molecule has 1 aliphatic heterocycles. The quantitative estimate of drug-likeness (QED) is 0.820. The van der Waals surface area contributed by atoms with Gasteiger partial charge in [-0.2, -0.15) is 0 Å². The molecular formula is C17H21NO5. The van der Waals surface area contributed by atoms with Gasteiger partial charge in [0.2, 0.25) is 0 Å². The maximum atomic E-state index is 12.1. The van der Waals surface area contributed by atoms with E-state index in [0.717, 1.165) is 6.42 Å². The molecule has 23 heavy (non-hydrogen) atoms. The van der Waals surface area contributed by atoms with Crippen LogP contribution >= 0.6 is 0 Å². The number of aliphatic hydroxyl groups excluding tert-OH is 1. The van der Waals surface area contributed by atoms with Crippen LogP contribution in [0.2, 0.25) is 0 Å². The van der Waals surface area contributed by atoms with Gasteiger partial charge in [0.15, 0.2) is 6.10 Å². The maximum absolute atomic E-state index is 12.1. The molecule has 3 rings (SSSR count). The van der Waals surface area contributed by atoms with Crippen LogP contribution in [0.4, 0.5) is 0 Å². The number of likely N-dealkylation sites (N-methyl/N-ethyl adjacent to an activating group) is 1. The Hall–Kier alpha value is -2.08. The number of Topliss-reactive ketones (excluding diaryl/α,β-unsaturated/α-hetero) is 1. The predicted octanol–water partition coefficient (Wildman–Crippen LogP) is 1.01. The Bertz CT molecular complexity index is 600. The lowest BCUT2D eigenvalue weighted by Gasteiger charge is -2.47. The Balaban J connectivity index is 1.71. The molecule has 1 aromatic rings. The number of carbonyl (C=O) groups excluding carboxylic acids is 2. The summed E-state index contributed by atoms with van der Waals surface area (Å²) in [6.07, 6.45) is 0.353. The summed E-state index contributed by atoms with van der Waals surface area (Å²) in [4.78, 5) is 25.4. The SMILES string of the molecule is COc1ccc(O[C@H]2C(=O)N(C)[C@H]2[C@H](O)[C@H]2CCCC2=O)cc1. The van der Waals surface area contributed by atoms with Crippen molar-refractivity contribution in [1.29, 1.82) is 0 Å². The van der Waals surface area contributed by atoms with Crippen molar-refractivity contribution in [3.8, 4) is 11.5 Å². The van der Waals surface area contributed by atoms with E-state index in [-0.39, 0.29) is 11.7 Å². The molecule has 0 unspecified atom stereocenters. The third-order valence-electron chi connectivity index (χ3n) is 4.78. The standard InChI is InChI=1S/C17H21NO5/c1-18-14(15(20)12-4-3-5-13(12)19)16(17(18)21)23-11-8-6-10(22-2)7-9-11/h6-9,12,14-16,20H,3-5H2,1-2H3/t12-,14-,15+,16+/m0/s1. The van der Waals surface area contributed by atoms with Crippen molar-refractivity contribution in [2.75, 3.05) is 14.2 Å². The van der Waals surface area contributed by atoms with E-state index < -0.39 is 24.2 Å². The van der Waals surface area contributed by atoms with E-state index in [2.05, 4.69) is 0 Å². The summed E-state index contributed by atoms with van der Waals surface area (Å²) in [7, 11) is 3.20. The van der Waals surface area contributed by atoms with Crippen LogP contribution in [0, 0.1) is 5.92 Å². The summed E-state index contributed by atoms with van der Waals surface area (Å²) in [5.41, 5.74) is 0. The number of nitrogens with zero attached hydrogens (tertiary/aromatic N) is 1. The third kappa shape index (κ3) is 2.79. The fourth-order valence-electron chi connectivity index (χ4n) is 3.39. The van der Waals surface area contributed by atoms with Crippen LogP contribution in [0.15, 0.2) is 24.3 Å². The monoisotopic (exact) mass is 319 g/mol. The molecule has 2 aliphatic rings. The van der Waals surface area contributed by atoms with Gasteiger partial charge in [0, 0.05) is 19.4 Å². The number of ether oxygens (including phenoxy) is 2. The Labute approximate surface area is 135 Å². The molecule has 1 saturated carbocycles. The van der Waals surface area contributed by atoms with Gasteiger partial charge >= 0.3 is 0 Å². The van der Waals surface area contributed by atoms with Gasteiger partial charge in [0.05, 0.1) is 13.2 Å². The van der Waals surface area contributed by atoms with Crippen molar-refractivity contribution in [1.82, 2.24) is 4.90 Å². The van der Waals surface area contributed by atoms with E-state index in [4.69, 9.17) is 9.47 Å². The molecule has 6 heteroatoms. The fourth-order valence-corrected chi connectivity index (χ4v) is 3.39. The molecule has 0 spiro atoms. The van der Waals surface area contributed by atoms with E-state index in [0.29, 0.717) is 24.3 Å². The van der Waals surface area contributed by atoms with Crippen LogP contribution in [0.5, 0.6) is 11.5 Å². The van der Waals surface area contributed by atoms with Crippen molar-refractivity contribution < 1.29 is 24.2 Å². The van der Waals surface area contributed by atoms with E-state index in [1.165, 1.54) is 4.90 Å².